The van der Waals surface area contributed by atoms with Crippen LogP contribution in [0.1, 0.15) is 23.2 Å². The maximum atomic E-state index is 13.7. The molecule has 1 N–H and O–H groups in total. The summed E-state index contributed by atoms with van der Waals surface area (Å²) < 4.78 is 44.1. The van der Waals surface area contributed by atoms with Crippen LogP contribution >= 0.6 is 11.6 Å². The van der Waals surface area contributed by atoms with Crippen molar-refractivity contribution in [3.05, 3.63) is 34.6 Å². The normalized spacial score (nSPS) is 18.1. The predicted molar refractivity (Wildman–Crippen MR) is 89.1 cm³/mol. The van der Waals surface area contributed by atoms with Gasteiger partial charge < -0.3 is 10.1 Å². The van der Waals surface area contributed by atoms with E-state index in [4.69, 9.17) is 16.3 Å². The van der Waals surface area contributed by atoms with Gasteiger partial charge in [0.2, 0.25) is 10.0 Å². The van der Waals surface area contributed by atoms with Gasteiger partial charge >= 0.3 is 0 Å². The topological polar surface area (TPSA) is 75.7 Å². The maximum Gasteiger partial charge on any atom is 0.255 e. The number of nitrogens with zero attached hydrogens (tertiary/aromatic N) is 1. The Morgan fingerprint density at radius 3 is 2.83 bits per heavy atom. The molecule has 2 rings (SSSR count). The summed E-state index contributed by atoms with van der Waals surface area (Å²) >= 11 is 5.83. The first-order chi connectivity index (χ1) is 11.3. The van der Waals surface area contributed by atoms with Gasteiger partial charge in [0.05, 0.1) is 22.9 Å². The standard InChI is InChI=1S/C15H20ClFN2O4S/c1-24(21,22)19(10-11-4-3-9-23-11)8-7-18-15(20)14-12(16)5-2-6-13(14)17/h2,5-6,11H,3-4,7-10H2,1H3,(H,18,20). The summed E-state index contributed by atoms with van der Waals surface area (Å²) in [4.78, 5) is 12.0. The van der Waals surface area contributed by atoms with Gasteiger partial charge in [0.15, 0.2) is 0 Å². The minimum Gasteiger partial charge on any atom is -0.377 e. The van der Waals surface area contributed by atoms with Crippen LogP contribution in [0.2, 0.25) is 5.02 Å². The van der Waals surface area contributed by atoms with Crippen molar-refractivity contribution in [2.75, 3.05) is 32.5 Å². The van der Waals surface area contributed by atoms with Crippen LogP contribution in [0.3, 0.4) is 0 Å². The van der Waals surface area contributed by atoms with E-state index in [9.17, 15) is 17.6 Å². The summed E-state index contributed by atoms with van der Waals surface area (Å²) in [5, 5.41) is 2.50. The third-order valence-corrected chi connectivity index (χ3v) is 5.32. The lowest BCUT2D eigenvalue weighted by Crippen LogP contribution is -2.42. The van der Waals surface area contributed by atoms with Crippen molar-refractivity contribution < 1.29 is 22.3 Å². The van der Waals surface area contributed by atoms with E-state index in [1.165, 1.54) is 16.4 Å². The molecule has 0 aromatic heterocycles. The van der Waals surface area contributed by atoms with Gasteiger partial charge in [-0.25, -0.2) is 12.8 Å². The summed E-state index contributed by atoms with van der Waals surface area (Å²) in [7, 11) is -3.43. The highest BCUT2D eigenvalue weighted by Crippen LogP contribution is 2.18. The first-order valence-corrected chi connectivity index (χ1v) is 9.80. The second-order valence-electron chi connectivity index (χ2n) is 5.61. The second kappa shape index (κ2) is 8.24. The molecule has 1 aromatic carbocycles. The van der Waals surface area contributed by atoms with Crippen molar-refractivity contribution in [1.82, 2.24) is 9.62 Å². The molecule has 0 saturated carbocycles. The molecule has 0 radical (unpaired) electrons. The fraction of sp³-hybridized carbons (Fsp3) is 0.533. The number of rotatable bonds is 7. The molecule has 1 amide bonds. The zero-order chi connectivity index (χ0) is 17.7. The highest BCUT2D eigenvalue weighted by molar-refractivity contribution is 7.88. The Hall–Kier alpha value is -1.22. The van der Waals surface area contributed by atoms with E-state index in [1.54, 1.807) is 0 Å². The molecular weight excluding hydrogens is 359 g/mol. The number of nitrogens with one attached hydrogen (secondary N) is 1. The van der Waals surface area contributed by atoms with Gasteiger partial charge in [0, 0.05) is 26.2 Å². The number of carbonyl (C=O) groups is 1. The van der Waals surface area contributed by atoms with Gasteiger partial charge in [-0.15, -0.1) is 0 Å². The molecule has 9 heteroatoms. The molecule has 0 aliphatic carbocycles. The highest BCUT2D eigenvalue weighted by Gasteiger charge is 2.24. The number of benzene rings is 1. The van der Waals surface area contributed by atoms with Crippen molar-refractivity contribution in [2.45, 2.75) is 18.9 Å². The van der Waals surface area contributed by atoms with E-state index in [0.29, 0.717) is 6.61 Å². The smallest absolute Gasteiger partial charge is 0.255 e. The van der Waals surface area contributed by atoms with E-state index < -0.39 is 21.7 Å². The molecule has 1 aliphatic rings. The van der Waals surface area contributed by atoms with E-state index in [2.05, 4.69) is 5.32 Å². The minimum absolute atomic E-state index is 0.00632. The molecule has 1 aromatic rings. The Kier molecular flexibility index (Phi) is 6.56. The zero-order valence-electron chi connectivity index (χ0n) is 13.3. The molecule has 1 atom stereocenters. The molecule has 1 aliphatic heterocycles. The van der Waals surface area contributed by atoms with E-state index in [-0.39, 0.29) is 36.3 Å². The van der Waals surface area contributed by atoms with Gasteiger partial charge in [-0.2, -0.15) is 4.31 Å². The van der Waals surface area contributed by atoms with E-state index in [1.807, 2.05) is 0 Å². The van der Waals surface area contributed by atoms with Crippen LogP contribution in [0.5, 0.6) is 0 Å². The van der Waals surface area contributed by atoms with Crippen LogP contribution in [0.15, 0.2) is 18.2 Å². The molecule has 0 bridgehead atoms. The molecule has 1 fully saturated rings. The van der Waals surface area contributed by atoms with Gasteiger partial charge in [-0.05, 0) is 25.0 Å². The maximum absolute atomic E-state index is 13.7. The zero-order valence-corrected chi connectivity index (χ0v) is 14.9. The second-order valence-corrected chi connectivity index (χ2v) is 8.00. The molecule has 24 heavy (non-hydrogen) atoms. The van der Waals surface area contributed by atoms with Crippen molar-refractivity contribution in [3.8, 4) is 0 Å². The summed E-state index contributed by atoms with van der Waals surface area (Å²) in [6.07, 6.45) is 2.70. The molecule has 134 valence electrons. The fourth-order valence-corrected chi connectivity index (χ4v) is 3.61. The molecule has 1 unspecified atom stereocenters. The highest BCUT2D eigenvalue weighted by atomic mass is 35.5. The van der Waals surface area contributed by atoms with E-state index >= 15 is 0 Å². The van der Waals surface area contributed by atoms with Gasteiger partial charge in [0.1, 0.15) is 5.82 Å². The van der Waals surface area contributed by atoms with Crippen molar-refractivity contribution in [3.63, 3.8) is 0 Å². The number of ether oxygens (including phenoxy) is 1. The first kappa shape index (κ1) is 19.1. The molecule has 6 nitrogen and oxygen atoms in total. The SMILES string of the molecule is CS(=O)(=O)N(CCNC(=O)c1c(F)cccc1Cl)CC1CCCO1. The van der Waals surface area contributed by atoms with Crippen LogP contribution < -0.4 is 5.32 Å². The Morgan fingerprint density at radius 2 is 2.25 bits per heavy atom. The summed E-state index contributed by atoms with van der Waals surface area (Å²) in [5.74, 6) is -1.40. The lowest BCUT2D eigenvalue weighted by atomic mass is 10.2. The lowest BCUT2D eigenvalue weighted by Gasteiger charge is -2.23. The number of halogens is 2. The molecule has 0 spiro atoms. The van der Waals surface area contributed by atoms with Crippen LogP contribution in [0, 0.1) is 5.82 Å². The fourth-order valence-electron chi connectivity index (χ4n) is 2.51. The Balaban J connectivity index is 1.93. The van der Waals surface area contributed by atoms with Gasteiger partial charge in [0.25, 0.3) is 5.91 Å². The summed E-state index contributed by atoms with van der Waals surface area (Å²) in [5.41, 5.74) is -0.246. The Labute approximate surface area is 146 Å². The number of hydrogen-bond donors (Lipinski definition) is 1. The lowest BCUT2D eigenvalue weighted by molar-refractivity contribution is 0.0909. The monoisotopic (exact) mass is 378 g/mol. The van der Waals surface area contributed by atoms with Gasteiger partial charge in [-0.3, -0.25) is 4.79 Å². The Bertz CT molecular complexity index is 672. The minimum atomic E-state index is -3.43. The first-order valence-electron chi connectivity index (χ1n) is 7.58. The summed E-state index contributed by atoms with van der Waals surface area (Å²) in [6.45, 7) is 1.000. The number of sulfonamides is 1. The Morgan fingerprint density at radius 1 is 1.50 bits per heavy atom. The van der Waals surface area contributed by atoms with Crippen molar-refractivity contribution in [1.29, 1.82) is 0 Å². The van der Waals surface area contributed by atoms with Gasteiger partial charge in [-0.1, -0.05) is 17.7 Å². The van der Waals surface area contributed by atoms with Crippen molar-refractivity contribution in [2.24, 2.45) is 0 Å². The summed E-state index contributed by atoms with van der Waals surface area (Å²) in [6, 6.07) is 3.96. The van der Waals surface area contributed by atoms with Crippen LogP contribution in [-0.2, 0) is 14.8 Å². The predicted octanol–water partition coefficient (Wildman–Crippen LogP) is 1.65. The van der Waals surface area contributed by atoms with Crippen LogP contribution in [-0.4, -0.2) is 57.2 Å². The average molecular weight is 379 g/mol. The quantitative estimate of drug-likeness (QED) is 0.782. The largest absolute Gasteiger partial charge is 0.377 e. The van der Waals surface area contributed by atoms with Crippen LogP contribution in [0.4, 0.5) is 4.39 Å². The number of hydrogen-bond acceptors (Lipinski definition) is 4. The average Bonchev–Trinajstić information content (AvgIpc) is 2.98. The van der Waals surface area contributed by atoms with Crippen molar-refractivity contribution >= 4 is 27.5 Å². The molecule has 1 saturated heterocycles. The molecular formula is C15H20ClFN2O4S. The third kappa shape index (κ3) is 5.14. The van der Waals surface area contributed by atoms with E-state index in [0.717, 1.165) is 25.2 Å². The third-order valence-electron chi connectivity index (χ3n) is 3.74. The number of carbonyl (C=O) groups excluding carboxylic acids is 1. The number of amides is 1. The molecule has 1 heterocycles. The van der Waals surface area contributed by atoms with Crippen LogP contribution in [0.25, 0.3) is 0 Å².